The zero-order valence-corrected chi connectivity index (χ0v) is 21.8. The first-order valence-electron chi connectivity index (χ1n) is 12.9. The average molecular weight is 506 g/mol. The highest BCUT2D eigenvalue weighted by Crippen LogP contribution is 2.42. The Morgan fingerprint density at radius 3 is 2.62 bits per heavy atom. The minimum absolute atomic E-state index is 0.195. The van der Waals surface area contributed by atoms with Crippen molar-refractivity contribution in [2.45, 2.75) is 25.3 Å². The summed E-state index contributed by atoms with van der Waals surface area (Å²) >= 11 is 0. The number of nitrogens with zero attached hydrogens (tertiary/aromatic N) is 4. The Morgan fingerprint density at radius 2 is 1.92 bits per heavy atom. The van der Waals surface area contributed by atoms with Crippen LogP contribution in [-0.2, 0) is 4.74 Å². The fourth-order valence-electron chi connectivity index (χ4n) is 5.35. The summed E-state index contributed by atoms with van der Waals surface area (Å²) < 4.78 is 16.9. The molecule has 196 valence electrons. The molecular weight excluding hydrogens is 470 g/mol. The summed E-state index contributed by atoms with van der Waals surface area (Å²) in [6, 6.07) is 11.8. The van der Waals surface area contributed by atoms with Crippen molar-refractivity contribution in [1.82, 2.24) is 9.80 Å². The molecule has 2 saturated heterocycles. The Balaban J connectivity index is 1.46. The molecule has 9 heteroatoms. The lowest BCUT2D eigenvalue weighted by atomic mass is 9.79. The van der Waals surface area contributed by atoms with Crippen molar-refractivity contribution in [3.8, 4) is 11.5 Å². The number of ether oxygens (including phenoxy) is 3. The number of amides is 1. The van der Waals surface area contributed by atoms with Gasteiger partial charge in [0.1, 0.15) is 0 Å². The van der Waals surface area contributed by atoms with E-state index in [-0.39, 0.29) is 17.9 Å². The van der Waals surface area contributed by atoms with Crippen molar-refractivity contribution in [1.29, 1.82) is 0 Å². The Labute approximate surface area is 217 Å². The number of likely N-dealkylation sites (N-methyl/N-ethyl adjacent to an activating group) is 1. The molecule has 2 atom stereocenters. The van der Waals surface area contributed by atoms with Gasteiger partial charge in [-0.1, -0.05) is 12.1 Å². The second-order valence-electron chi connectivity index (χ2n) is 9.68. The third-order valence-corrected chi connectivity index (χ3v) is 7.32. The number of fused-ring (bicyclic) bond motifs is 3. The summed E-state index contributed by atoms with van der Waals surface area (Å²) in [6.45, 7) is 6.93. The molecule has 9 nitrogen and oxygen atoms in total. The Bertz CT molecular complexity index is 1200. The predicted molar refractivity (Wildman–Crippen MR) is 143 cm³/mol. The molecule has 0 aromatic heterocycles. The van der Waals surface area contributed by atoms with Crippen molar-refractivity contribution in [2.24, 2.45) is 15.7 Å². The lowest BCUT2D eigenvalue weighted by Crippen LogP contribution is -2.45. The van der Waals surface area contributed by atoms with E-state index in [9.17, 15) is 4.79 Å². The van der Waals surface area contributed by atoms with E-state index in [0.29, 0.717) is 50.1 Å². The zero-order chi connectivity index (χ0) is 25.9. The van der Waals surface area contributed by atoms with Crippen molar-refractivity contribution in [3.63, 3.8) is 0 Å². The van der Waals surface area contributed by atoms with Crippen molar-refractivity contribution in [3.05, 3.63) is 58.7 Å². The van der Waals surface area contributed by atoms with E-state index in [2.05, 4.69) is 23.0 Å². The molecule has 2 unspecified atom stereocenters. The van der Waals surface area contributed by atoms with Crippen LogP contribution in [0.15, 0.2) is 46.4 Å². The van der Waals surface area contributed by atoms with E-state index in [4.69, 9.17) is 24.9 Å². The normalized spacial score (nSPS) is 22.1. The first-order valence-corrected chi connectivity index (χ1v) is 12.9. The van der Waals surface area contributed by atoms with E-state index in [1.54, 1.807) is 19.2 Å². The van der Waals surface area contributed by atoms with Crippen LogP contribution in [0.5, 0.6) is 11.5 Å². The number of rotatable bonds is 5. The zero-order valence-electron chi connectivity index (χ0n) is 21.8. The number of morpholine rings is 1. The van der Waals surface area contributed by atoms with E-state index in [0.717, 1.165) is 42.1 Å². The van der Waals surface area contributed by atoms with Gasteiger partial charge >= 0.3 is 0 Å². The second kappa shape index (κ2) is 10.9. The van der Waals surface area contributed by atoms with Crippen molar-refractivity contribution in [2.75, 3.05) is 60.2 Å². The van der Waals surface area contributed by atoms with Crippen LogP contribution in [0.4, 0.5) is 0 Å². The standard InChI is InChI=1S/C28H35N5O4/c1-4-37-25-15-20-21(16-24(25)35-3)26(30-23-9-10-32(2)17-22(20)23)18-5-7-19(8-6-18)27(34)31-28(29)33-11-13-36-14-12-33/h5-8,15-16,22-23H,4,9-14,17H2,1-3H3,(H2,29,31,34). The van der Waals surface area contributed by atoms with Crippen LogP contribution < -0.4 is 15.2 Å². The van der Waals surface area contributed by atoms with Crippen LogP contribution in [0.3, 0.4) is 0 Å². The smallest absolute Gasteiger partial charge is 0.280 e. The molecule has 2 N–H and O–H groups in total. The molecule has 0 bridgehead atoms. The highest BCUT2D eigenvalue weighted by molar-refractivity contribution is 6.15. The fraction of sp³-hybridized carbons (Fsp3) is 0.464. The number of carbonyl (C=O) groups excluding carboxylic acids is 1. The number of benzene rings is 2. The highest BCUT2D eigenvalue weighted by Gasteiger charge is 2.36. The van der Waals surface area contributed by atoms with Gasteiger partial charge in [0, 0.05) is 42.2 Å². The minimum Gasteiger partial charge on any atom is -0.493 e. The third kappa shape index (κ3) is 5.19. The van der Waals surface area contributed by atoms with Gasteiger partial charge in [-0.15, -0.1) is 0 Å². The number of nitrogens with two attached hydrogens (primary N) is 1. The van der Waals surface area contributed by atoms with Gasteiger partial charge in [0.05, 0.1) is 38.7 Å². The monoisotopic (exact) mass is 505 g/mol. The predicted octanol–water partition coefficient (Wildman–Crippen LogP) is 2.52. The van der Waals surface area contributed by atoms with Crippen LogP contribution in [0.2, 0.25) is 0 Å². The summed E-state index contributed by atoms with van der Waals surface area (Å²) in [5.41, 5.74) is 10.7. The maximum Gasteiger partial charge on any atom is 0.280 e. The maximum atomic E-state index is 12.8. The van der Waals surface area contributed by atoms with Crippen LogP contribution in [-0.4, -0.2) is 93.6 Å². The molecular formula is C28H35N5O4. The molecule has 1 amide bonds. The lowest BCUT2D eigenvalue weighted by Gasteiger charge is -2.39. The summed E-state index contributed by atoms with van der Waals surface area (Å²) in [4.78, 5) is 26.4. The van der Waals surface area contributed by atoms with Gasteiger partial charge in [-0.3, -0.25) is 9.79 Å². The van der Waals surface area contributed by atoms with Gasteiger partial charge in [0.15, 0.2) is 17.5 Å². The topological polar surface area (TPSA) is 102 Å². The van der Waals surface area contributed by atoms with Crippen molar-refractivity contribution >= 4 is 17.6 Å². The van der Waals surface area contributed by atoms with E-state index >= 15 is 0 Å². The van der Waals surface area contributed by atoms with E-state index in [1.807, 2.05) is 30.0 Å². The number of hydrogen-bond acceptors (Lipinski definition) is 6. The Hall–Kier alpha value is -3.43. The summed E-state index contributed by atoms with van der Waals surface area (Å²) in [7, 11) is 3.82. The molecule has 5 rings (SSSR count). The number of carbonyl (C=O) groups is 1. The number of likely N-dealkylation sites (tertiary alicyclic amines) is 1. The van der Waals surface area contributed by atoms with Crippen LogP contribution in [0.1, 0.15) is 46.3 Å². The SMILES string of the molecule is CCOc1cc2c(cc1OC)C(c1ccc(C(=O)N=C(N)N3CCOCC3)cc1)=NC1CCN(C)CC21. The lowest BCUT2D eigenvalue weighted by molar-refractivity contribution is 0.0671. The second-order valence-corrected chi connectivity index (χ2v) is 9.68. The van der Waals surface area contributed by atoms with Gasteiger partial charge < -0.3 is 29.7 Å². The molecule has 0 saturated carbocycles. The first kappa shape index (κ1) is 25.2. The molecule has 3 heterocycles. The third-order valence-electron chi connectivity index (χ3n) is 7.32. The van der Waals surface area contributed by atoms with E-state index < -0.39 is 0 Å². The largest absolute Gasteiger partial charge is 0.493 e. The van der Waals surface area contributed by atoms with Gasteiger partial charge in [0.2, 0.25) is 0 Å². The summed E-state index contributed by atoms with van der Waals surface area (Å²) in [6.07, 6.45) is 0.992. The summed E-state index contributed by atoms with van der Waals surface area (Å²) in [5.74, 6) is 1.61. The number of aliphatic imine (C=N–C) groups is 2. The van der Waals surface area contributed by atoms with Crippen LogP contribution in [0, 0.1) is 0 Å². The van der Waals surface area contributed by atoms with Gasteiger partial charge in [-0.05, 0) is 56.8 Å². The molecule has 3 aliphatic heterocycles. The Kier molecular flexibility index (Phi) is 7.43. The quantitative estimate of drug-likeness (QED) is 0.492. The first-order chi connectivity index (χ1) is 18.0. The minimum atomic E-state index is -0.361. The average Bonchev–Trinajstić information content (AvgIpc) is 2.93. The van der Waals surface area contributed by atoms with Crippen LogP contribution >= 0.6 is 0 Å². The van der Waals surface area contributed by atoms with E-state index in [1.165, 1.54) is 5.56 Å². The molecule has 0 aliphatic carbocycles. The fourth-order valence-corrected chi connectivity index (χ4v) is 5.35. The number of hydrogen-bond donors (Lipinski definition) is 1. The molecule has 0 spiro atoms. The molecule has 2 aromatic rings. The Morgan fingerprint density at radius 1 is 1.16 bits per heavy atom. The van der Waals surface area contributed by atoms with Gasteiger partial charge in [-0.2, -0.15) is 4.99 Å². The van der Waals surface area contributed by atoms with Crippen molar-refractivity contribution < 1.29 is 19.0 Å². The molecule has 2 aromatic carbocycles. The molecule has 37 heavy (non-hydrogen) atoms. The molecule has 2 fully saturated rings. The number of piperidine rings is 1. The maximum absolute atomic E-state index is 12.8. The van der Waals surface area contributed by atoms with Gasteiger partial charge in [-0.25, -0.2) is 0 Å². The van der Waals surface area contributed by atoms with Crippen LogP contribution in [0.25, 0.3) is 0 Å². The molecule has 0 radical (unpaired) electrons. The number of methoxy groups -OCH3 is 1. The number of guanidine groups is 1. The van der Waals surface area contributed by atoms with Gasteiger partial charge in [0.25, 0.3) is 5.91 Å². The summed E-state index contributed by atoms with van der Waals surface area (Å²) in [5, 5.41) is 0. The molecule has 3 aliphatic rings. The highest BCUT2D eigenvalue weighted by atomic mass is 16.5.